The van der Waals surface area contributed by atoms with Crippen LogP contribution in [0.3, 0.4) is 0 Å². The topological polar surface area (TPSA) is 28.7 Å². The van der Waals surface area contributed by atoms with E-state index in [9.17, 15) is 0 Å². The van der Waals surface area contributed by atoms with Crippen molar-refractivity contribution in [3.63, 3.8) is 0 Å². The highest BCUT2D eigenvalue weighted by atomic mass is 35.5. The van der Waals surface area contributed by atoms with Crippen LogP contribution in [0.25, 0.3) is 0 Å². The van der Waals surface area contributed by atoms with E-state index in [1.165, 1.54) is 6.42 Å². The Morgan fingerprint density at radius 2 is 2.55 bits per heavy atom. The molecule has 11 heavy (non-hydrogen) atoms. The quantitative estimate of drug-likeness (QED) is 0.584. The Morgan fingerprint density at radius 1 is 1.73 bits per heavy atom. The van der Waals surface area contributed by atoms with E-state index in [4.69, 9.17) is 11.6 Å². The van der Waals surface area contributed by atoms with Crippen molar-refractivity contribution in [1.29, 1.82) is 0 Å². The van der Waals surface area contributed by atoms with Crippen LogP contribution in [0.15, 0.2) is 11.4 Å². The molecule has 1 rings (SSSR count). The zero-order chi connectivity index (χ0) is 8.10. The van der Waals surface area contributed by atoms with E-state index in [1.54, 1.807) is 18.0 Å². The maximum Gasteiger partial charge on any atom is 0.165 e. The molecule has 0 aliphatic heterocycles. The van der Waals surface area contributed by atoms with E-state index < -0.39 is 0 Å². The summed E-state index contributed by atoms with van der Waals surface area (Å²) in [6.45, 7) is 2.15. The van der Waals surface area contributed by atoms with Crippen molar-refractivity contribution in [3.05, 3.63) is 11.9 Å². The van der Waals surface area contributed by atoms with Crippen molar-refractivity contribution in [2.75, 3.05) is 5.75 Å². The lowest BCUT2D eigenvalue weighted by atomic mass is 10.6. The summed E-state index contributed by atoms with van der Waals surface area (Å²) in [4.78, 5) is 7.27. The van der Waals surface area contributed by atoms with Crippen LogP contribution in [0.5, 0.6) is 0 Å². The first-order valence-corrected chi connectivity index (χ1v) is 5.11. The average molecular weight is 191 g/mol. The van der Waals surface area contributed by atoms with Crippen LogP contribution >= 0.6 is 23.4 Å². The Morgan fingerprint density at radius 3 is 3.09 bits per heavy atom. The van der Waals surface area contributed by atoms with Crippen LogP contribution in [-0.2, 0) is 5.88 Å². The van der Waals surface area contributed by atoms with E-state index in [2.05, 4.69) is 16.9 Å². The minimum absolute atomic E-state index is 0.514. The van der Waals surface area contributed by atoms with Gasteiger partial charge in [-0.05, 0) is 6.42 Å². The minimum Gasteiger partial charge on any atom is -0.336 e. The lowest BCUT2D eigenvalue weighted by Gasteiger charge is -1.91. The summed E-state index contributed by atoms with van der Waals surface area (Å²) in [7, 11) is 0. The number of aromatic amines is 1. The fourth-order valence-corrected chi connectivity index (χ4v) is 1.54. The normalized spacial score (nSPS) is 10.4. The van der Waals surface area contributed by atoms with Crippen molar-refractivity contribution >= 4 is 23.4 Å². The summed E-state index contributed by atoms with van der Waals surface area (Å²) < 4.78 is 0. The van der Waals surface area contributed by atoms with Gasteiger partial charge >= 0.3 is 0 Å². The van der Waals surface area contributed by atoms with Crippen LogP contribution in [0.1, 0.15) is 19.0 Å². The maximum absolute atomic E-state index is 5.59. The van der Waals surface area contributed by atoms with Crippen LogP contribution in [0.4, 0.5) is 0 Å². The number of halogens is 1. The van der Waals surface area contributed by atoms with Gasteiger partial charge in [0.15, 0.2) is 5.16 Å². The summed E-state index contributed by atoms with van der Waals surface area (Å²) in [5.74, 6) is 1.62. The number of nitrogens with one attached hydrogen (secondary N) is 1. The van der Waals surface area contributed by atoms with Gasteiger partial charge in [-0.15, -0.1) is 11.6 Å². The summed E-state index contributed by atoms with van der Waals surface area (Å²) in [6, 6.07) is 0. The van der Waals surface area contributed by atoms with Gasteiger partial charge in [-0.3, -0.25) is 0 Å². The Bertz CT molecular complexity index is 212. The molecule has 0 aliphatic carbocycles. The van der Waals surface area contributed by atoms with Crippen molar-refractivity contribution in [1.82, 2.24) is 9.97 Å². The number of hydrogen-bond donors (Lipinski definition) is 1. The second-order valence-corrected chi connectivity index (χ2v) is 3.55. The van der Waals surface area contributed by atoms with Gasteiger partial charge in [0.05, 0.1) is 17.8 Å². The zero-order valence-electron chi connectivity index (χ0n) is 6.43. The monoisotopic (exact) mass is 190 g/mol. The fourth-order valence-electron chi connectivity index (χ4n) is 0.678. The highest BCUT2D eigenvalue weighted by molar-refractivity contribution is 7.99. The number of hydrogen-bond acceptors (Lipinski definition) is 2. The molecule has 0 atom stereocenters. The highest BCUT2D eigenvalue weighted by Crippen LogP contribution is 2.14. The number of aromatic nitrogens is 2. The van der Waals surface area contributed by atoms with Gasteiger partial charge in [0, 0.05) is 5.75 Å². The molecule has 1 heterocycles. The standard InChI is InChI=1S/C7H11ClN2S/c1-2-3-11-7-9-5-6(4-8)10-7/h5H,2-4H2,1H3,(H,9,10). The number of alkyl halides is 1. The Kier molecular flexibility index (Phi) is 3.80. The van der Waals surface area contributed by atoms with E-state index in [0.29, 0.717) is 5.88 Å². The van der Waals surface area contributed by atoms with Crippen molar-refractivity contribution in [2.24, 2.45) is 0 Å². The minimum atomic E-state index is 0.514. The molecule has 2 nitrogen and oxygen atoms in total. The zero-order valence-corrected chi connectivity index (χ0v) is 8.00. The first kappa shape index (κ1) is 8.94. The molecule has 0 amide bonds. The number of H-pyrrole nitrogens is 1. The predicted octanol–water partition coefficient (Wildman–Crippen LogP) is 2.65. The maximum atomic E-state index is 5.59. The highest BCUT2D eigenvalue weighted by Gasteiger charge is 1.97. The van der Waals surface area contributed by atoms with Crippen LogP contribution < -0.4 is 0 Å². The molecule has 0 radical (unpaired) electrons. The fraction of sp³-hybridized carbons (Fsp3) is 0.571. The third-order valence-electron chi connectivity index (χ3n) is 1.19. The molecule has 62 valence electrons. The molecule has 0 aromatic carbocycles. The molecule has 0 aliphatic rings. The van der Waals surface area contributed by atoms with Gasteiger partial charge in [0.25, 0.3) is 0 Å². The van der Waals surface area contributed by atoms with Gasteiger partial charge in [-0.2, -0.15) is 0 Å². The molecule has 0 bridgehead atoms. The lowest BCUT2D eigenvalue weighted by Crippen LogP contribution is -1.79. The first-order chi connectivity index (χ1) is 5.36. The molecule has 0 spiro atoms. The smallest absolute Gasteiger partial charge is 0.165 e. The summed E-state index contributed by atoms with van der Waals surface area (Å²) in [5.41, 5.74) is 0.991. The molecule has 4 heteroatoms. The molecule has 0 saturated carbocycles. The number of rotatable bonds is 4. The summed E-state index contributed by atoms with van der Waals surface area (Å²) in [5, 5.41) is 0.975. The van der Waals surface area contributed by atoms with Crippen molar-refractivity contribution < 1.29 is 0 Å². The Labute approximate surface area is 75.7 Å². The van der Waals surface area contributed by atoms with Gasteiger partial charge in [-0.25, -0.2) is 4.98 Å². The number of imidazole rings is 1. The molecule has 0 fully saturated rings. The molecule has 1 aromatic rings. The van der Waals surface area contributed by atoms with E-state index in [1.807, 2.05) is 0 Å². The summed E-state index contributed by atoms with van der Waals surface area (Å²) >= 11 is 7.33. The van der Waals surface area contributed by atoms with Gasteiger partial charge in [-0.1, -0.05) is 18.7 Å². The summed E-state index contributed by atoms with van der Waals surface area (Å²) in [6.07, 6.45) is 2.95. The Hall–Kier alpha value is -0.150. The second-order valence-electron chi connectivity index (χ2n) is 2.20. The average Bonchev–Trinajstić information content (AvgIpc) is 2.48. The van der Waals surface area contributed by atoms with Crippen LogP contribution in [0.2, 0.25) is 0 Å². The molecular formula is C7H11ClN2S. The Balaban J connectivity index is 2.44. The molecule has 0 unspecified atom stereocenters. The van der Waals surface area contributed by atoms with E-state index in [-0.39, 0.29) is 0 Å². The molecule has 1 N–H and O–H groups in total. The van der Waals surface area contributed by atoms with Gasteiger partial charge in [0.2, 0.25) is 0 Å². The van der Waals surface area contributed by atoms with Gasteiger partial charge < -0.3 is 4.98 Å². The number of nitrogens with zero attached hydrogens (tertiary/aromatic N) is 1. The second kappa shape index (κ2) is 4.67. The third kappa shape index (κ3) is 2.75. The van der Waals surface area contributed by atoms with Crippen LogP contribution in [-0.4, -0.2) is 15.7 Å². The third-order valence-corrected chi connectivity index (χ3v) is 2.57. The SMILES string of the molecule is CCCSc1ncc(CCl)[nH]1. The van der Waals surface area contributed by atoms with Crippen molar-refractivity contribution in [2.45, 2.75) is 24.4 Å². The molecule has 1 aromatic heterocycles. The van der Waals surface area contributed by atoms with Gasteiger partial charge in [0.1, 0.15) is 0 Å². The predicted molar refractivity (Wildman–Crippen MR) is 49.2 cm³/mol. The lowest BCUT2D eigenvalue weighted by molar-refractivity contribution is 1.02. The van der Waals surface area contributed by atoms with E-state index >= 15 is 0 Å². The first-order valence-electron chi connectivity index (χ1n) is 3.59. The van der Waals surface area contributed by atoms with Crippen molar-refractivity contribution in [3.8, 4) is 0 Å². The van der Waals surface area contributed by atoms with Crippen LogP contribution in [0, 0.1) is 0 Å². The largest absolute Gasteiger partial charge is 0.336 e. The van der Waals surface area contributed by atoms with E-state index in [0.717, 1.165) is 16.6 Å². The molecular weight excluding hydrogens is 180 g/mol. The molecule has 0 saturated heterocycles. The number of thioether (sulfide) groups is 1.